The van der Waals surface area contributed by atoms with E-state index in [4.69, 9.17) is 28.2 Å². The highest BCUT2D eigenvalue weighted by atomic mass is 35.5. The Kier molecular flexibility index (Phi) is 7.97. The lowest BCUT2D eigenvalue weighted by Crippen LogP contribution is -2.53. The number of imidazole rings is 1. The lowest BCUT2D eigenvalue weighted by molar-refractivity contribution is -0.139. The van der Waals surface area contributed by atoms with Crippen molar-refractivity contribution in [2.75, 3.05) is 39.3 Å². The van der Waals surface area contributed by atoms with Crippen LogP contribution < -0.4 is 0 Å². The van der Waals surface area contributed by atoms with E-state index >= 15 is 0 Å². The van der Waals surface area contributed by atoms with Gasteiger partial charge in [-0.1, -0.05) is 35.3 Å². The first-order valence-electron chi connectivity index (χ1n) is 13.8. The first kappa shape index (κ1) is 27.7. The number of piperazine rings is 1. The summed E-state index contributed by atoms with van der Waals surface area (Å²) in [7, 11) is 0. The van der Waals surface area contributed by atoms with Crippen LogP contribution in [0.3, 0.4) is 0 Å². The smallest absolute Gasteiger partial charge is 0.254 e. The predicted molar refractivity (Wildman–Crippen MR) is 158 cm³/mol. The molecular formula is C31H30Cl2FN5O2. The molecule has 10 heteroatoms. The molecule has 3 aromatic carbocycles. The number of carbonyl (C=O) groups excluding carboxylic acids is 2. The molecule has 1 atom stereocenters. The molecule has 212 valence electrons. The maximum Gasteiger partial charge on any atom is 0.254 e. The highest BCUT2D eigenvalue weighted by molar-refractivity contribution is 6.42. The minimum Gasteiger partial charge on any atom is -0.339 e. The van der Waals surface area contributed by atoms with Gasteiger partial charge in [0.05, 0.1) is 33.5 Å². The molecule has 0 bridgehead atoms. The number of halogens is 3. The van der Waals surface area contributed by atoms with Crippen LogP contribution in [0.5, 0.6) is 0 Å². The number of hydrogen-bond acceptors (Lipinski definition) is 4. The van der Waals surface area contributed by atoms with Crippen molar-refractivity contribution >= 4 is 46.0 Å². The van der Waals surface area contributed by atoms with E-state index in [0.29, 0.717) is 54.9 Å². The van der Waals surface area contributed by atoms with Gasteiger partial charge in [-0.3, -0.25) is 19.1 Å². The molecule has 1 aromatic heterocycles. The molecule has 0 unspecified atom stereocenters. The van der Waals surface area contributed by atoms with Gasteiger partial charge in [-0.05, 0) is 74.0 Å². The topological polar surface area (TPSA) is 61.7 Å². The molecule has 0 aliphatic carbocycles. The van der Waals surface area contributed by atoms with E-state index in [1.54, 1.807) is 35.2 Å². The van der Waals surface area contributed by atoms with Crippen LogP contribution in [0.25, 0.3) is 16.7 Å². The first-order chi connectivity index (χ1) is 19.9. The normalized spacial score (nSPS) is 18.2. The lowest BCUT2D eigenvalue weighted by atomic mass is 9.96. The molecule has 7 nitrogen and oxygen atoms in total. The molecule has 0 spiro atoms. The summed E-state index contributed by atoms with van der Waals surface area (Å²) < 4.78 is 15.7. The van der Waals surface area contributed by atoms with Gasteiger partial charge in [0, 0.05) is 44.0 Å². The average molecular weight is 595 g/mol. The molecule has 2 aliphatic rings. The summed E-state index contributed by atoms with van der Waals surface area (Å²) in [6, 6.07) is 19.3. The fourth-order valence-corrected chi connectivity index (χ4v) is 6.16. The van der Waals surface area contributed by atoms with Crippen LogP contribution in [-0.4, -0.2) is 75.3 Å². The van der Waals surface area contributed by atoms with Gasteiger partial charge in [-0.15, -0.1) is 0 Å². The van der Waals surface area contributed by atoms with Gasteiger partial charge in [0.1, 0.15) is 11.6 Å². The molecule has 2 fully saturated rings. The van der Waals surface area contributed by atoms with Crippen LogP contribution in [0.15, 0.2) is 66.7 Å². The molecule has 2 saturated heterocycles. The molecule has 0 radical (unpaired) electrons. The van der Waals surface area contributed by atoms with Crippen LogP contribution in [0.4, 0.5) is 4.39 Å². The lowest BCUT2D eigenvalue weighted by Gasteiger charge is -2.39. The number of piperidine rings is 1. The Morgan fingerprint density at radius 1 is 0.878 bits per heavy atom. The van der Waals surface area contributed by atoms with E-state index in [1.807, 2.05) is 29.2 Å². The number of amides is 2. The Labute approximate surface area is 248 Å². The fourth-order valence-electron chi connectivity index (χ4n) is 5.86. The molecule has 2 amide bonds. The van der Waals surface area contributed by atoms with Crippen molar-refractivity contribution in [3.05, 3.63) is 94.0 Å². The van der Waals surface area contributed by atoms with Crippen molar-refractivity contribution in [1.82, 2.24) is 24.3 Å². The van der Waals surface area contributed by atoms with E-state index in [0.717, 1.165) is 41.9 Å². The number of aromatic nitrogens is 2. The number of carbonyl (C=O) groups is 2. The number of benzene rings is 3. The highest BCUT2D eigenvalue weighted by Gasteiger charge is 2.32. The summed E-state index contributed by atoms with van der Waals surface area (Å²) in [6.07, 6.45) is 1.76. The summed E-state index contributed by atoms with van der Waals surface area (Å²) in [5.74, 6) is 0.508. The van der Waals surface area contributed by atoms with Crippen molar-refractivity contribution < 1.29 is 14.0 Å². The van der Waals surface area contributed by atoms with Crippen LogP contribution >= 0.6 is 23.2 Å². The molecule has 3 heterocycles. The first-order valence-corrected chi connectivity index (χ1v) is 14.6. The zero-order valence-corrected chi connectivity index (χ0v) is 24.0. The Morgan fingerprint density at radius 2 is 1.61 bits per heavy atom. The van der Waals surface area contributed by atoms with Crippen LogP contribution in [0.1, 0.15) is 29.0 Å². The number of rotatable bonds is 5. The number of fused-ring (bicyclic) bond motifs is 1. The van der Waals surface area contributed by atoms with E-state index < -0.39 is 0 Å². The minimum atomic E-state index is -0.281. The van der Waals surface area contributed by atoms with E-state index in [2.05, 4.69) is 9.47 Å². The molecule has 4 aromatic rings. The summed E-state index contributed by atoms with van der Waals surface area (Å²) in [5.41, 5.74) is 3.19. The van der Waals surface area contributed by atoms with Crippen LogP contribution in [0, 0.1) is 11.7 Å². The number of likely N-dealkylation sites (tertiary alicyclic amines) is 1. The van der Waals surface area contributed by atoms with Crippen molar-refractivity contribution in [2.45, 2.75) is 19.4 Å². The molecule has 6 rings (SSSR count). The quantitative estimate of drug-likeness (QED) is 0.299. The second kappa shape index (κ2) is 11.8. The summed E-state index contributed by atoms with van der Waals surface area (Å²) in [4.78, 5) is 37.3. The van der Waals surface area contributed by atoms with Gasteiger partial charge in [0.15, 0.2) is 0 Å². The van der Waals surface area contributed by atoms with Crippen LogP contribution in [-0.2, 0) is 11.3 Å². The molecule has 0 saturated carbocycles. The summed E-state index contributed by atoms with van der Waals surface area (Å²) in [5, 5.41) is 0.759. The molecular weight excluding hydrogens is 564 g/mol. The van der Waals surface area contributed by atoms with Gasteiger partial charge in [-0.2, -0.15) is 0 Å². The van der Waals surface area contributed by atoms with Gasteiger partial charge in [0.25, 0.3) is 5.91 Å². The molecule has 0 N–H and O–H groups in total. The third-order valence-electron chi connectivity index (χ3n) is 7.98. The van der Waals surface area contributed by atoms with Crippen molar-refractivity contribution in [3.63, 3.8) is 0 Å². The summed E-state index contributed by atoms with van der Waals surface area (Å²) >= 11 is 12.1. The number of para-hydroxylation sites is 2. The Hall–Kier alpha value is -3.46. The maximum atomic E-state index is 13.7. The zero-order chi connectivity index (χ0) is 28.5. The molecule has 41 heavy (non-hydrogen) atoms. The zero-order valence-electron chi connectivity index (χ0n) is 22.5. The van der Waals surface area contributed by atoms with Gasteiger partial charge >= 0.3 is 0 Å². The standard InChI is InChI=1S/C31H30Cl2FN5O2/c32-25-12-7-21(18-26(25)33)30(40)37-14-16-38(17-15-37)31(41)22-4-3-13-36(19-22)20-29-35-27-5-1-2-6-28(27)39(29)24-10-8-23(34)9-11-24/h1-2,5-12,18,22H,3-4,13-17,19-20H2/t22-/m0/s1. The van der Waals surface area contributed by atoms with Gasteiger partial charge in [0.2, 0.25) is 5.91 Å². The van der Waals surface area contributed by atoms with E-state index in [1.165, 1.54) is 12.1 Å². The number of nitrogens with zero attached hydrogens (tertiary/aromatic N) is 5. The van der Waals surface area contributed by atoms with Gasteiger partial charge < -0.3 is 9.80 Å². The SMILES string of the molecule is O=C(c1ccc(Cl)c(Cl)c1)N1CCN(C(=O)[C@H]2CCCN(Cc3nc4ccccc4n3-c3ccc(F)cc3)C2)CC1. The third-order valence-corrected chi connectivity index (χ3v) is 8.72. The highest BCUT2D eigenvalue weighted by Crippen LogP contribution is 2.27. The Balaban J connectivity index is 1.11. The molecule has 2 aliphatic heterocycles. The average Bonchev–Trinajstić information content (AvgIpc) is 3.36. The Morgan fingerprint density at radius 3 is 2.37 bits per heavy atom. The van der Waals surface area contributed by atoms with E-state index in [9.17, 15) is 14.0 Å². The monoisotopic (exact) mass is 593 g/mol. The Bertz CT molecular complexity index is 1580. The van der Waals surface area contributed by atoms with E-state index in [-0.39, 0.29) is 23.5 Å². The van der Waals surface area contributed by atoms with Crippen molar-refractivity contribution in [2.24, 2.45) is 5.92 Å². The predicted octanol–water partition coefficient (Wildman–Crippen LogP) is 5.67. The minimum absolute atomic E-state index is 0.107. The summed E-state index contributed by atoms with van der Waals surface area (Å²) in [6.45, 7) is 4.06. The van der Waals surface area contributed by atoms with Crippen molar-refractivity contribution in [3.8, 4) is 5.69 Å². The maximum absolute atomic E-state index is 13.7. The number of hydrogen-bond donors (Lipinski definition) is 0. The fraction of sp³-hybridized carbons (Fsp3) is 0.323. The second-order valence-electron chi connectivity index (χ2n) is 10.6. The largest absolute Gasteiger partial charge is 0.339 e. The third kappa shape index (κ3) is 5.82. The van der Waals surface area contributed by atoms with Gasteiger partial charge in [-0.25, -0.2) is 9.37 Å². The second-order valence-corrected chi connectivity index (χ2v) is 11.5. The van der Waals surface area contributed by atoms with Crippen molar-refractivity contribution in [1.29, 1.82) is 0 Å². The van der Waals surface area contributed by atoms with Crippen LogP contribution in [0.2, 0.25) is 10.0 Å².